The van der Waals surface area contributed by atoms with Crippen molar-refractivity contribution in [3.8, 4) is 0 Å². The van der Waals surface area contributed by atoms with Gasteiger partial charge in [0.1, 0.15) is 0 Å². The molecule has 110 valence electrons. The fourth-order valence-electron chi connectivity index (χ4n) is 2.39. The summed E-state index contributed by atoms with van der Waals surface area (Å²) in [5.74, 6) is 0. The van der Waals surface area contributed by atoms with Gasteiger partial charge in [0, 0.05) is 4.88 Å². The second-order valence-corrected chi connectivity index (χ2v) is 6.26. The molecule has 4 nitrogen and oxygen atoms in total. The second kappa shape index (κ2) is 6.05. The molecule has 1 aromatic carbocycles. The molecular formula is C15H16ClN3OS. The lowest BCUT2D eigenvalue weighted by Gasteiger charge is -2.18. The van der Waals surface area contributed by atoms with Crippen LogP contribution >= 0.6 is 22.9 Å². The Morgan fingerprint density at radius 3 is 2.81 bits per heavy atom. The molecule has 0 aliphatic rings. The molecule has 0 saturated heterocycles. The van der Waals surface area contributed by atoms with E-state index in [0.717, 1.165) is 39.5 Å². The average molecular weight is 322 g/mol. The lowest BCUT2D eigenvalue weighted by atomic mass is 10.0. The van der Waals surface area contributed by atoms with Crippen LogP contribution in [-0.4, -0.2) is 16.5 Å². The zero-order chi connectivity index (χ0) is 14.8. The van der Waals surface area contributed by atoms with Crippen molar-refractivity contribution >= 4 is 34.0 Å². The van der Waals surface area contributed by atoms with Gasteiger partial charge in [0.2, 0.25) is 0 Å². The minimum atomic E-state index is -0.186. The number of fused-ring (bicyclic) bond motifs is 1. The van der Waals surface area contributed by atoms with Gasteiger partial charge in [-0.25, -0.2) is 4.79 Å². The van der Waals surface area contributed by atoms with Crippen LogP contribution in [0.2, 0.25) is 5.02 Å². The van der Waals surface area contributed by atoms with Crippen LogP contribution in [-0.2, 0) is 0 Å². The smallest absolute Gasteiger partial charge is 0.306 e. The first kappa shape index (κ1) is 14.4. The van der Waals surface area contributed by atoms with E-state index in [4.69, 9.17) is 11.6 Å². The van der Waals surface area contributed by atoms with Crippen molar-refractivity contribution in [2.45, 2.75) is 19.4 Å². The summed E-state index contributed by atoms with van der Waals surface area (Å²) in [4.78, 5) is 18.0. The van der Waals surface area contributed by atoms with Crippen LogP contribution in [0, 0.1) is 0 Å². The molecule has 1 atom stereocenters. The summed E-state index contributed by atoms with van der Waals surface area (Å²) in [6.07, 6.45) is 1.04. The van der Waals surface area contributed by atoms with Gasteiger partial charge in [-0.3, -0.25) is 0 Å². The minimum Gasteiger partial charge on any atom is -0.306 e. The van der Waals surface area contributed by atoms with Crippen molar-refractivity contribution in [2.24, 2.45) is 0 Å². The Hall–Kier alpha value is -1.56. The van der Waals surface area contributed by atoms with Gasteiger partial charge >= 0.3 is 5.69 Å². The monoisotopic (exact) mass is 321 g/mol. The standard InChI is InChI=1S/C15H16ClN3OS/c1-2-6-17-13(14-10(16)5-7-21-14)9-3-4-11-12(8-9)19-15(20)18-11/h3-5,7-8,13,17H,2,6H2,1H3,(H2,18,19,20). The number of imidazole rings is 1. The summed E-state index contributed by atoms with van der Waals surface area (Å²) in [5, 5.41) is 6.29. The third-order valence-electron chi connectivity index (χ3n) is 3.38. The Morgan fingerprint density at radius 2 is 2.10 bits per heavy atom. The summed E-state index contributed by atoms with van der Waals surface area (Å²) in [5.41, 5.74) is 2.54. The normalized spacial score (nSPS) is 12.9. The summed E-state index contributed by atoms with van der Waals surface area (Å²) >= 11 is 7.93. The Morgan fingerprint density at radius 1 is 1.29 bits per heavy atom. The summed E-state index contributed by atoms with van der Waals surface area (Å²) in [6.45, 7) is 3.04. The molecule has 0 fully saturated rings. The predicted molar refractivity (Wildman–Crippen MR) is 88.4 cm³/mol. The molecule has 0 aliphatic heterocycles. The second-order valence-electron chi connectivity index (χ2n) is 4.90. The van der Waals surface area contributed by atoms with Crippen LogP contribution in [0.1, 0.15) is 29.8 Å². The van der Waals surface area contributed by atoms with Crippen LogP contribution in [0.5, 0.6) is 0 Å². The molecule has 3 rings (SSSR count). The van der Waals surface area contributed by atoms with Crippen molar-refractivity contribution in [3.05, 3.63) is 55.6 Å². The molecule has 0 spiro atoms. The highest BCUT2D eigenvalue weighted by Crippen LogP contribution is 2.33. The molecule has 0 radical (unpaired) electrons. The van der Waals surface area contributed by atoms with Crippen molar-refractivity contribution in [1.82, 2.24) is 15.3 Å². The Kier molecular flexibility index (Phi) is 4.14. The summed E-state index contributed by atoms with van der Waals surface area (Å²) in [7, 11) is 0. The Bertz CT molecular complexity index is 804. The number of rotatable bonds is 5. The zero-order valence-corrected chi connectivity index (χ0v) is 13.1. The SMILES string of the molecule is CCCNC(c1ccc2[nH]c(=O)[nH]c2c1)c1sccc1Cl. The van der Waals surface area contributed by atoms with E-state index in [1.54, 1.807) is 11.3 Å². The number of hydrogen-bond acceptors (Lipinski definition) is 3. The molecule has 0 aliphatic carbocycles. The highest BCUT2D eigenvalue weighted by Gasteiger charge is 2.18. The predicted octanol–water partition coefficient (Wildman–Crippen LogP) is 3.66. The fraction of sp³-hybridized carbons (Fsp3) is 0.267. The zero-order valence-electron chi connectivity index (χ0n) is 11.6. The summed E-state index contributed by atoms with van der Waals surface area (Å²) in [6, 6.07) is 7.90. The first-order chi connectivity index (χ1) is 10.2. The van der Waals surface area contributed by atoms with Crippen molar-refractivity contribution < 1.29 is 0 Å². The molecule has 3 aromatic rings. The van der Waals surface area contributed by atoms with Crippen molar-refractivity contribution in [2.75, 3.05) is 6.54 Å². The first-order valence-electron chi connectivity index (χ1n) is 6.87. The van der Waals surface area contributed by atoms with Crippen LogP contribution in [0.15, 0.2) is 34.4 Å². The van der Waals surface area contributed by atoms with E-state index >= 15 is 0 Å². The fourth-order valence-corrected chi connectivity index (χ4v) is 3.66. The van der Waals surface area contributed by atoms with E-state index in [9.17, 15) is 4.79 Å². The lowest BCUT2D eigenvalue weighted by Crippen LogP contribution is -2.22. The van der Waals surface area contributed by atoms with E-state index < -0.39 is 0 Å². The third kappa shape index (κ3) is 2.90. The molecular weight excluding hydrogens is 306 g/mol. The molecule has 6 heteroatoms. The first-order valence-corrected chi connectivity index (χ1v) is 8.13. The number of aromatic nitrogens is 2. The van der Waals surface area contributed by atoms with Crippen LogP contribution in [0.25, 0.3) is 11.0 Å². The Balaban J connectivity index is 2.04. The maximum Gasteiger partial charge on any atom is 0.323 e. The minimum absolute atomic E-state index is 0.0419. The maximum absolute atomic E-state index is 11.4. The molecule has 0 saturated carbocycles. The van der Waals surface area contributed by atoms with E-state index in [1.807, 2.05) is 29.6 Å². The average Bonchev–Trinajstić information content (AvgIpc) is 3.04. The molecule has 1 unspecified atom stereocenters. The molecule has 0 amide bonds. The number of halogens is 1. The van der Waals surface area contributed by atoms with Gasteiger partial charge in [-0.15, -0.1) is 11.3 Å². The van der Waals surface area contributed by atoms with Gasteiger partial charge in [0.25, 0.3) is 0 Å². The van der Waals surface area contributed by atoms with E-state index in [2.05, 4.69) is 22.2 Å². The lowest BCUT2D eigenvalue weighted by molar-refractivity contribution is 0.606. The highest BCUT2D eigenvalue weighted by atomic mass is 35.5. The van der Waals surface area contributed by atoms with Gasteiger partial charge < -0.3 is 15.3 Å². The third-order valence-corrected chi connectivity index (χ3v) is 4.80. The summed E-state index contributed by atoms with van der Waals surface area (Å²) < 4.78 is 0. The number of H-pyrrole nitrogens is 2. The molecule has 21 heavy (non-hydrogen) atoms. The molecule has 2 aromatic heterocycles. The van der Waals surface area contributed by atoms with Gasteiger partial charge in [-0.05, 0) is 42.1 Å². The van der Waals surface area contributed by atoms with Gasteiger partial charge in [0.15, 0.2) is 0 Å². The van der Waals surface area contributed by atoms with E-state index in [0.29, 0.717) is 0 Å². The molecule has 0 bridgehead atoms. The number of nitrogens with one attached hydrogen (secondary N) is 3. The van der Waals surface area contributed by atoms with Crippen LogP contribution < -0.4 is 11.0 Å². The largest absolute Gasteiger partial charge is 0.323 e. The quantitative estimate of drug-likeness (QED) is 0.671. The van der Waals surface area contributed by atoms with Crippen molar-refractivity contribution in [3.63, 3.8) is 0 Å². The maximum atomic E-state index is 11.4. The van der Waals surface area contributed by atoms with Gasteiger partial charge in [0.05, 0.1) is 22.1 Å². The number of aromatic amines is 2. The van der Waals surface area contributed by atoms with Gasteiger partial charge in [-0.1, -0.05) is 24.6 Å². The number of hydrogen-bond donors (Lipinski definition) is 3. The van der Waals surface area contributed by atoms with Gasteiger partial charge in [-0.2, -0.15) is 0 Å². The van der Waals surface area contributed by atoms with Crippen LogP contribution in [0.4, 0.5) is 0 Å². The highest BCUT2D eigenvalue weighted by molar-refractivity contribution is 7.10. The Labute approximate surface area is 131 Å². The van der Waals surface area contributed by atoms with E-state index in [-0.39, 0.29) is 11.7 Å². The number of benzene rings is 1. The number of thiophene rings is 1. The molecule has 2 heterocycles. The van der Waals surface area contributed by atoms with E-state index in [1.165, 1.54) is 0 Å². The molecule has 3 N–H and O–H groups in total. The topological polar surface area (TPSA) is 60.7 Å². The van der Waals surface area contributed by atoms with Crippen molar-refractivity contribution in [1.29, 1.82) is 0 Å². The van der Waals surface area contributed by atoms with Crippen LogP contribution in [0.3, 0.4) is 0 Å².